The molecule has 3 rings (SSSR count). The third kappa shape index (κ3) is 2.28. The summed E-state index contributed by atoms with van der Waals surface area (Å²) in [5, 5.41) is 3.15. The molecule has 1 aliphatic carbocycles. The van der Waals surface area contributed by atoms with Crippen LogP contribution in [0.25, 0.3) is 0 Å². The Morgan fingerprint density at radius 2 is 2.06 bits per heavy atom. The fourth-order valence-corrected chi connectivity index (χ4v) is 3.17. The van der Waals surface area contributed by atoms with Gasteiger partial charge in [-0.25, -0.2) is 8.78 Å². The molecule has 3 heteroatoms. The van der Waals surface area contributed by atoms with Crippen molar-refractivity contribution in [2.45, 2.75) is 38.0 Å². The van der Waals surface area contributed by atoms with Crippen LogP contribution < -0.4 is 5.32 Å². The van der Waals surface area contributed by atoms with Gasteiger partial charge in [0.15, 0.2) is 0 Å². The summed E-state index contributed by atoms with van der Waals surface area (Å²) in [4.78, 5) is 0. The van der Waals surface area contributed by atoms with Crippen LogP contribution in [-0.2, 0) is 18.8 Å². The molecule has 1 aliphatic heterocycles. The van der Waals surface area contributed by atoms with Gasteiger partial charge in [-0.2, -0.15) is 0 Å². The van der Waals surface area contributed by atoms with E-state index in [-0.39, 0.29) is 17.9 Å². The SMILES string of the molecule is FC(F)(CC1CCNC1)c1ccc2c(c1)CCC2. The molecule has 1 aromatic carbocycles. The van der Waals surface area contributed by atoms with E-state index in [2.05, 4.69) is 5.32 Å². The summed E-state index contributed by atoms with van der Waals surface area (Å²) in [6, 6.07) is 5.27. The summed E-state index contributed by atoms with van der Waals surface area (Å²) < 4.78 is 28.5. The lowest BCUT2D eigenvalue weighted by Crippen LogP contribution is -2.20. The van der Waals surface area contributed by atoms with Gasteiger partial charge in [-0.3, -0.25) is 0 Å². The third-order valence-electron chi connectivity index (χ3n) is 4.23. The molecule has 2 aliphatic rings. The fraction of sp³-hybridized carbons (Fsp3) is 0.600. The molecule has 1 saturated heterocycles. The molecule has 0 amide bonds. The molecule has 0 saturated carbocycles. The lowest BCUT2D eigenvalue weighted by molar-refractivity contribution is -0.0268. The Hall–Kier alpha value is -0.960. The lowest BCUT2D eigenvalue weighted by atomic mass is 9.93. The van der Waals surface area contributed by atoms with E-state index in [1.807, 2.05) is 6.07 Å². The molecule has 1 heterocycles. The molecule has 0 radical (unpaired) electrons. The minimum atomic E-state index is -2.67. The molecule has 1 atom stereocenters. The number of halogens is 2. The highest BCUT2D eigenvalue weighted by Crippen LogP contribution is 2.38. The molecule has 1 N–H and O–H groups in total. The van der Waals surface area contributed by atoms with Gasteiger partial charge >= 0.3 is 0 Å². The Kier molecular flexibility index (Phi) is 3.10. The maximum Gasteiger partial charge on any atom is 0.273 e. The van der Waals surface area contributed by atoms with Crippen LogP contribution in [0.3, 0.4) is 0 Å². The third-order valence-corrected chi connectivity index (χ3v) is 4.23. The van der Waals surface area contributed by atoms with Crippen LogP contribution in [0.1, 0.15) is 36.0 Å². The van der Waals surface area contributed by atoms with Crippen molar-refractivity contribution in [1.29, 1.82) is 0 Å². The minimum absolute atomic E-state index is 0.0151. The zero-order valence-corrected chi connectivity index (χ0v) is 10.5. The molecule has 18 heavy (non-hydrogen) atoms. The summed E-state index contributed by atoms with van der Waals surface area (Å²) in [5.41, 5.74) is 2.61. The van der Waals surface area contributed by atoms with Crippen molar-refractivity contribution in [3.63, 3.8) is 0 Å². The average molecular weight is 251 g/mol. The number of fused-ring (bicyclic) bond motifs is 1. The van der Waals surface area contributed by atoms with Gasteiger partial charge in [-0.05, 0) is 61.9 Å². The largest absolute Gasteiger partial charge is 0.316 e. The maximum atomic E-state index is 14.2. The molecular formula is C15H19F2N. The second-order valence-electron chi connectivity index (χ2n) is 5.60. The predicted molar refractivity (Wildman–Crippen MR) is 68.0 cm³/mol. The van der Waals surface area contributed by atoms with Gasteiger partial charge in [0.1, 0.15) is 0 Å². The quantitative estimate of drug-likeness (QED) is 0.869. The number of benzene rings is 1. The van der Waals surface area contributed by atoms with Crippen molar-refractivity contribution in [2.75, 3.05) is 13.1 Å². The highest BCUT2D eigenvalue weighted by Gasteiger charge is 2.36. The normalized spacial score (nSPS) is 23.3. The maximum absolute atomic E-state index is 14.2. The second-order valence-corrected chi connectivity index (χ2v) is 5.60. The molecule has 1 fully saturated rings. The first-order chi connectivity index (χ1) is 8.65. The van der Waals surface area contributed by atoms with Crippen molar-refractivity contribution >= 4 is 0 Å². The summed E-state index contributed by atoms with van der Waals surface area (Å²) in [6.07, 6.45) is 3.98. The van der Waals surface area contributed by atoms with Gasteiger partial charge in [0.2, 0.25) is 0 Å². The Bertz CT molecular complexity index is 436. The average Bonchev–Trinajstić information content (AvgIpc) is 2.97. The van der Waals surface area contributed by atoms with Crippen LogP contribution in [0.2, 0.25) is 0 Å². The highest BCUT2D eigenvalue weighted by molar-refractivity contribution is 5.37. The summed E-state index contributed by atoms with van der Waals surface area (Å²) in [6.45, 7) is 1.62. The Balaban J connectivity index is 1.79. The summed E-state index contributed by atoms with van der Waals surface area (Å²) >= 11 is 0. The van der Waals surface area contributed by atoms with E-state index in [0.29, 0.717) is 0 Å². The Labute approximate surface area is 107 Å². The van der Waals surface area contributed by atoms with Gasteiger partial charge in [0.05, 0.1) is 0 Å². The highest BCUT2D eigenvalue weighted by atomic mass is 19.3. The van der Waals surface area contributed by atoms with Gasteiger partial charge < -0.3 is 5.32 Å². The summed E-state index contributed by atoms with van der Waals surface area (Å²) in [7, 11) is 0. The zero-order valence-electron chi connectivity index (χ0n) is 10.5. The van der Waals surface area contributed by atoms with E-state index in [0.717, 1.165) is 44.3 Å². The predicted octanol–water partition coefficient (Wildman–Crippen LogP) is 3.27. The number of aryl methyl sites for hydroxylation is 2. The molecule has 1 nitrogen and oxygen atoms in total. The van der Waals surface area contributed by atoms with Crippen molar-refractivity contribution in [3.05, 3.63) is 34.9 Å². The number of rotatable bonds is 3. The molecule has 1 unspecified atom stereocenters. The van der Waals surface area contributed by atoms with Crippen molar-refractivity contribution in [1.82, 2.24) is 5.32 Å². The van der Waals surface area contributed by atoms with Gasteiger partial charge in [0, 0.05) is 12.0 Å². The molecular weight excluding hydrogens is 232 g/mol. The molecule has 1 aromatic rings. The van der Waals surface area contributed by atoms with Crippen LogP contribution in [0.15, 0.2) is 18.2 Å². The summed E-state index contributed by atoms with van der Waals surface area (Å²) in [5.74, 6) is -2.55. The number of hydrogen-bond acceptors (Lipinski definition) is 1. The van der Waals surface area contributed by atoms with E-state index in [4.69, 9.17) is 0 Å². The number of hydrogen-bond donors (Lipinski definition) is 1. The first-order valence-corrected chi connectivity index (χ1v) is 6.86. The van der Waals surface area contributed by atoms with Crippen LogP contribution in [0.5, 0.6) is 0 Å². The minimum Gasteiger partial charge on any atom is -0.316 e. The van der Waals surface area contributed by atoms with E-state index < -0.39 is 5.92 Å². The standard InChI is InChI=1S/C15H19F2N/c16-15(17,9-11-6-7-18-10-11)14-5-4-12-2-1-3-13(12)8-14/h4-5,8,11,18H,1-3,6-7,9-10H2. The Morgan fingerprint density at radius 3 is 2.83 bits per heavy atom. The van der Waals surface area contributed by atoms with Gasteiger partial charge in [0.25, 0.3) is 5.92 Å². The number of nitrogens with one attached hydrogen (secondary N) is 1. The first kappa shape index (κ1) is 12.1. The van der Waals surface area contributed by atoms with Crippen LogP contribution >= 0.6 is 0 Å². The Morgan fingerprint density at radius 1 is 1.22 bits per heavy atom. The van der Waals surface area contributed by atoms with Crippen LogP contribution in [0.4, 0.5) is 8.78 Å². The number of alkyl halides is 2. The second kappa shape index (κ2) is 4.61. The van der Waals surface area contributed by atoms with Crippen LogP contribution in [-0.4, -0.2) is 13.1 Å². The molecule has 98 valence electrons. The van der Waals surface area contributed by atoms with Crippen molar-refractivity contribution in [3.8, 4) is 0 Å². The van der Waals surface area contributed by atoms with E-state index in [1.54, 1.807) is 12.1 Å². The van der Waals surface area contributed by atoms with Gasteiger partial charge in [-0.15, -0.1) is 0 Å². The van der Waals surface area contributed by atoms with Crippen LogP contribution in [0, 0.1) is 5.92 Å². The lowest BCUT2D eigenvalue weighted by Gasteiger charge is -2.21. The smallest absolute Gasteiger partial charge is 0.273 e. The topological polar surface area (TPSA) is 12.0 Å². The van der Waals surface area contributed by atoms with Crippen molar-refractivity contribution in [2.24, 2.45) is 5.92 Å². The molecule has 0 aromatic heterocycles. The van der Waals surface area contributed by atoms with E-state index in [1.165, 1.54) is 5.56 Å². The first-order valence-electron chi connectivity index (χ1n) is 6.86. The van der Waals surface area contributed by atoms with Gasteiger partial charge in [-0.1, -0.05) is 12.1 Å². The monoisotopic (exact) mass is 251 g/mol. The molecule has 0 spiro atoms. The zero-order chi connectivity index (χ0) is 12.6. The molecule has 0 bridgehead atoms. The fourth-order valence-electron chi connectivity index (χ4n) is 3.17. The van der Waals surface area contributed by atoms with E-state index in [9.17, 15) is 8.78 Å². The van der Waals surface area contributed by atoms with E-state index >= 15 is 0 Å². The van der Waals surface area contributed by atoms with Crippen molar-refractivity contribution < 1.29 is 8.78 Å².